The van der Waals surface area contributed by atoms with Crippen molar-refractivity contribution in [2.75, 3.05) is 7.11 Å². The Morgan fingerprint density at radius 3 is 2.75 bits per heavy atom. The number of phenols is 1. The molecule has 0 aliphatic carbocycles. The minimum absolute atomic E-state index is 0.316. The first-order chi connectivity index (χ1) is 7.76. The molecule has 2 aromatic rings. The topological polar surface area (TPSA) is 29.5 Å². The van der Waals surface area contributed by atoms with Crippen molar-refractivity contribution in [2.24, 2.45) is 0 Å². The van der Waals surface area contributed by atoms with Gasteiger partial charge in [0.05, 0.1) is 7.11 Å². The third-order valence-electron chi connectivity index (χ3n) is 2.65. The van der Waals surface area contributed by atoms with Gasteiger partial charge in [-0.1, -0.05) is 24.3 Å². The molecule has 0 aliphatic rings. The van der Waals surface area contributed by atoms with Crippen molar-refractivity contribution in [3.63, 3.8) is 0 Å². The number of benzene rings is 2. The van der Waals surface area contributed by atoms with Crippen LogP contribution in [0.1, 0.15) is 5.56 Å². The fraction of sp³-hybridized carbons (Fsp3) is 0.143. The summed E-state index contributed by atoms with van der Waals surface area (Å²) < 4.78 is 5.15. The van der Waals surface area contributed by atoms with E-state index in [2.05, 4.69) is 6.58 Å². The highest BCUT2D eigenvalue weighted by Gasteiger charge is 2.06. The molecule has 0 radical (unpaired) electrons. The van der Waals surface area contributed by atoms with Crippen molar-refractivity contribution in [1.29, 1.82) is 0 Å². The van der Waals surface area contributed by atoms with Gasteiger partial charge >= 0.3 is 0 Å². The van der Waals surface area contributed by atoms with Crippen molar-refractivity contribution in [1.82, 2.24) is 0 Å². The van der Waals surface area contributed by atoms with Gasteiger partial charge in [0.25, 0.3) is 0 Å². The molecule has 2 heteroatoms. The van der Waals surface area contributed by atoms with E-state index in [0.717, 1.165) is 22.1 Å². The second-order valence-corrected chi connectivity index (χ2v) is 3.65. The van der Waals surface area contributed by atoms with Gasteiger partial charge in [-0.25, -0.2) is 0 Å². The van der Waals surface area contributed by atoms with Gasteiger partial charge in [0.1, 0.15) is 11.5 Å². The van der Waals surface area contributed by atoms with Crippen molar-refractivity contribution in [3.05, 3.63) is 48.6 Å². The Kier molecular flexibility index (Phi) is 2.82. The van der Waals surface area contributed by atoms with Gasteiger partial charge in [-0.15, -0.1) is 6.58 Å². The van der Waals surface area contributed by atoms with Gasteiger partial charge in [-0.05, 0) is 29.5 Å². The van der Waals surface area contributed by atoms with Crippen LogP contribution in [0.25, 0.3) is 10.8 Å². The lowest BCUT2D eigenvalue weighted by atomic mass is 10.0. The van der Waals surface area contributed by atoms with Crippen molar-refractivity contribution >= 4 is 10.8 Å². The van der Waals surface area contributed by atoms with E-state index < -0.39 is 0 Å². The highest BCUT2D eigenvalue weighted by atomic mass is 16.5. The molecule has 0 fully saturated rings. The molecule has 0 bridgehead atoms. The SMILES string of the molecule is C=CCc1ccc2ccc(OC)cc2c1O. The lowest BCUT2D eigenvalue weighted by Crippen LogP contribution is -1.86. The van der Waals surface area contributed by atoms with Crippen molar-refractivity contribution in [2.45, 2.75) is 6.42 Å². The van der Waals surface area contributed by atoms with Gasteiger partial charge in [0, 0.05) is 5.39 Å². The zero-order valence-electron chi connectivity index (χ0n) is 9.23. The summed E-state index contributed by atoms with van der Waals surface area (Å²) >= 11 is 0. The summed E-state index contributed by atoms with van der Waals surface area (Å²) in [6.07, 6.45) is 2.44. The first-order valence-electron chi connectivity index (χ1n) is 5.15. The molecule has 16 heavy (non-hydrogen) atoms. The molecule has 0 saturated heterocycles. The molecular weight excluding hydrogens is 200 g/mol. The lowest BCUT2D eigenvalue weighted by molar-refractivity contribution is 0.415. The van der Waals surface area contributed by atoms with Crippen LogP contribution in [-0.2, 0) is 6.42 Å². The number of ether oxygens (including phenoxy) is 1. The van der Waals surface area contributed by atoms with Gasteiger partial charge in [0.15, 0.2) is 0 Å². The van der Waals surface area contributed by atoms with Gasteiger partial charge in [-0.2, -0.15) is 0 Å². The molecule has 0 aromatic heterocycles. The van der Waals surface area contributed by atoms with Crippen molar-refractivity contribution in [3.8, 4) is 11.5 Å². The second kappa shape index (κ2) is 4.27. The first-order valence-corrected chi connectivity index (χ1v) is 5.15. The molecule has 0 aliphatic heterocycles. The van der Waals surface area contributed by atoms with Crippen LogP contribution in [0.3, 0.4) is 0 Å². The number of methoxy groups -OCH3 is 1. The fourth-order valence-corrected chi connectivity index (χ4v) is 1.78. The average molecular weight is 214 g/mol. The van der Waals surface area contributed by atoms with Crippen LogP contribution in [0.15, 0.2) is 43.0 Å². The molecule has 2 aromatic carbocycles. The number of rotatable bonds is 3. The fourth-order valence-electron chi connectivity index (χ4n) is 1.78. The molecule has 0 amide bonds. The van der Waals surface area contributed by atoms with Crippen LogP contribution >= 0.6 is 0 Å². The monoisotopic (exact) mass is 214 g/mol. The van der Waals surface area contributed by atoms with E-state index in [9.17, 15) is 5.11 Å². The summed E-state index contributed by atoms with van der Waals surface area (Å²) in [5.41, 5.74) is 0.885. The van der Waals surface area contributed by atoms with E-state index in [-0.39, 0.29) is 0 Å². The molecule has 0 saturated carbocycles. The Morgan fingerprint density at radius 2 is 2.06 bits per heavy atom. The third-order valence-corrected chi connectivity index (χ3v) is 2.65. The van der Waals surface area contributed by atoms with Crippen LogP contribution < -0.4 is 4.74 Å². The maximum atomic E-state index is 10.1. The van der Waals surface area contributed by atoms with E-state index in [4.69, 9.17) is 4.74 Å². The van der Waals surface area contributed by atoms with Gasteiger partial charge in [-0.3, -0.25) is 0 Å². The van der Waals surface area contributed by atoms with Crippen LogP contribution in [0.4, 0.5) is 0 Å². The quantitative estimate of drug-likeness (QED) is 0.794. The molecule has 0 atom stereocenters. The van der Waals surface area contributed by atoms with Crippen LogP contribution in [-0.4, -0.2) is 12.2 Å². The second-order valence-electron chi connectivity index (χ2n) is 3.65. The zero-order valence-corrected chi connectivity index (χ0v) is 9.23. The van der Waals surface area contributed by atoms with Crippen LogP contribution in [0, 0.1) is 0 Å². The summed E-state index contributed by atoms with van der Waals surface area (Å²) in [6, 6.07) is 9.58. The smallest absolute Gasteiger partial charge is 0.127 e. The largest absolute Gasteiger partial charge is 0.507 e. The van der Waals surface area contributed by atoms with E-state index >= 15 is 0 Å². The van der Waals surface area contributed by atoms with E-state index in [0.29, 0.717) is 12.2 Å². The zero-order chi connectivity index (χ0) is 11.5. The maximum absolute atomic E-state index is 10.1. The van der Waals surface area contributed by atoms with Gasteiger partial charge in [0.2, 0.25) is 0 Å². The summed E-state index contributed by atoms with van der Waals surface area (Å²) in [5, 5.41) is 11.9. The highest BCUT2D eigenvalue weighted by Crippen LogP contribution is 2.31. The molecule has 82 valence electrons. The standard InChI is InChI=1S/C14H14O2/c1-3-4-11-6-5-10-7-8-12(16-2)9-13(10)14(11)15/h3,5-9,15H,1,4H2,2H3. The molecule has 2 nitrogen and oxygen atoms in total. The number of hydrogen-bond donors (Lipinski definition) is 1. The first kappa shape index (κ1) is 10.6. The minimum Gasteiger partial charge on any atom is -0.507 e. The molecule has 2 rings (SSSR count). The Bertz CT molecular complexity index is 529. The van der Waals surface area contributed by atoms with Gasteiger partial charge < -0.3 is 9.84 Å². The average Bonchev–Trinajstić information content (AvgIpc) is 2.33. The van der Waals surface area contributed by atoms with Crippen LogP contribution in [0.5, 0.6) is 11.5 Å². The van der Waals surface area contributed by atoms with Crippen LogP contribution in [0.2, 0.25) is 0 Å². The normalized spacial score (nSPS) is 10.3. The predicted molar refractivity (Wildman–Crippen MR) is 66.1 cm³/mol. The summed E-state index contributed by atoms with van der Waals surface area (Å²) in [7, 11) is 1.62. The number of hydrogen-bond acceptors (Lipinski definition) is 2. The number of fused-ring (bicyclic) bond motifs is 1. The number of aromatic hydroxyl groups is 1. The summed E-state index contributed by atoms with van der Waals surface area (Å²) in [4.78, 5) is 0. The Hall–Kier alpha value is -1.96. The minimum atomic E-state index is 0.316. The molecule has 0 unspecified atom stereocenters. The number of allylic oxidation sites excluding steroid dienone is 1. The van der Waals surface area contributed by atoms with E-state index in [1.165, 1.54) is 0 Å². The number of phenolic OH excluding ortho intramolecular Hbond substituents is 1. The maximum Gasteiger partial charge on any atom is 0.127 e. The molecule has 0 spiro atoms. The molecular formula is C14H14O2. The molecule has 1 N–H and O–H groups in total. The predicted octanol–water partition coefficient (Wildman–Crippen LogP) is 3.28. The Labute approximate surface area is 94.8 Å². The Balaban J connectivity index is 2.65. The Morgan fingerprint density at radius 1 is 1.31 bits per heavy atom. The molecule has 0 heterocycles. The lowest BCUT2D eigenvalue weighted by Gasteiger charge is -2.07. The van der Waals surface area contributed by atoms with Crippen molar-refractivity contribution < 1.29 is 9.84 Å². The summed E-state index contributed by atoms with van der Waals surface area (Å²) in [6.45, 7) is 3.68. The third kappa shape index (κ3) is 1.74. The highest BCUT2D eigenvalue weighted by molar-refractivity contribution is 5.90. The van der Waals surface area contributed by atoms with E-state index in [1.54, 1.807) is 13.2 Å². The summed E-state index contributed by atoms with van der Waals surface area (Å²) in [5.74, 6) is 1.06. The van der Waals surface area contributed by atoms with E-state index in [1.807, 2.05) is 30.3 Å².